The molecule has 0 rings (SSSR count). The lowest BCUT2D eigenvalue weighted by atomic mass is 10.3. The van der Waals surface area contributed by atoms with E-state index >= 15 is 0 Å². The van der Waals surface area contributed by atoms with Crippen LogP contribution in [0.15, 0.2) is 12.3 Å². The van der Waals surface area contributed by atoms with Crippen LogP contribution >= 0.6 is 11.6 Å². The lowest BCUT2D eigenvalue weighted by Crippen LogP contribution is -2.13. The molecule has 0 radical (unpaired) electrons. The van der Waals surface area contributed by atoms with Crippen LogP contribution in [0.25, 0.3) is 0 Å². The van der Waals surface area contributed by atoms with Crippen LogP contribution in [0.5, 0.6) is 0 Å². The molecule has 52 valence electrons. The van der Waals surface area contributed by atoms with Gasteiger partial charge in [-0.15, -0.1) is 11.6 Å². The highest BCUT2D eigenvalue weighted by molar-refractivity contribution is 6.32. The Hall–Kier alpha value is -0.500. The number of carbonyl (C=O) groups excluding carboxylic acids is 1. The van der Waals surface area contributed by atoms with Gasteiger partial charge in [-0.3, -0.25) is 4.79 Å². The van der Waals surface area contributed by atoms with E-state index in [-0.39, 0.29) is 5.78 Å². The monoisotopic (exact) mass is 148 g/mol. The first-order valence-electron chi connectivity index (χ1n) is 2.47. The normalized spacial score (nSPS) is 12.3. The highest BCUT2D eigenvalue weighted by atomic mass is 35.5. The number of methoxy groups -OCH3 is 1. The number of allylic oxidation sites excluding steroid dienone is 1. The van der Waals surface area contributed by atoms with Crippen LogP contribution in [-0.4, -0.2) is 18.3 Å². The average Bonchev–Trinajstić information content (AvgIpc) is 1.84. The quantitative estimate of drug-likeness (QED) is 0.446. The van der Waals surface area contributed by atoms with Gasteiger partial charge in [-0.25, -0.2) is 0 Å². The van der Waals surface area contributed by atoms with E-state index in [0.29, 0.717) is 5.76 Å². The first kappa shape index (κ1) is 8.50. The molecule has 0 aromatic heterocycles. The fourth-order valence-corrected chi connectivity index (χ4v) is 0.419. The summed E-state index contributed by atoms with van der Waals surface area (Å²) in [6.07, 6.45) is 0. The Morgan fingerprint density at radius 2 is 2.22 bits per heavy atom. The number of Topliss-reactive ketones (excluding diaryl/α,β-unsaturated/α-hetero) is 1. The molecule has 1 atom stereocenters. The second-order valence-corrected chi connectivity index (χ2v) is 2.08. The van der Waals surface area contributed by atoms with Gasteiger partial charge in [0, 0.05) is 0 Å². The predicted octanol–water partition coefficient (Wildman–Crippen LogP) is 1.34. The number of ether oxygens (including phenoxy) is 1. The zero-order valence-electron chi connectivity index (χ0n) is 5.48. The zero-order valence-corrected chi connectivity index (χ0v) is 6.23. The van der Waals surface area contributed by atoms with Crippen molar-refractivity contribution in [1.29, 1.82) is 0 Å². The minimum absolute atomic E-state index is 0.150. The minimum Gasteiger partial charge on any atom is -0.500 e. The molecule has 3 heteroatoms. The molecule has 0 N–H and O–H groups in total. The molecule has 0 spiro atoms. The maximum absolute atomic E-state index is 10.5. The highest BCUT2D eigenvalue weighted by Crippen LogP contribution is 2.08. The Morgan fingerprint density at radius 1 is 1.78 bits per heavy atom. The molecule has 1 unspecified atom stereocenters. The first-order valence-corrected chi connectivity index (χ1v) is 2.90. The van der Waals surface area contributed by atoms with Crippen molar-refractivity contribution in [3.05, 3.63) is 12.3 Å². The van der Waals surface area contributed by atoms with Gasteiger partial charge in [-0.05, 0) is 6.92 Å². The lowest BCUT2D eigenvalue weighted by Gasteiger charge is -2.06. The Kier molecular flexibility index (Phi) is 3.32. The van der Waals surface area contributed by atoms with Gasteiger partial charge >= 0.3 is 0 Å². The van der Waals surface area contributed by atoms with Crippen molar-refractivity contribution in [1.82, 2.24) is 0 Å². The molecular formula is C6H9ClO2. The molecule has 9 heavy (non-hydrogen) atoms. The number of hydrogen-bond acceptors (Lipinski definition) is 2. The second-order valence-electron chi connectivity index (χ2n) is 1.64. The maximum atomic E-state index is 10.5. The smallest absolute Gasteiger partial charge is 0.155 e. The summed E-state index contributed by atoms with van der Waals surface area (Å²) >= 11 is 5.49. The van der Waals surface area contributed by atoms with Crippen LogP contribution in [0.4, 0.5) is 0 Å². The number of halogens is 1. The van der Waals surface area contributed by atoms with E-state index in [1.807, 2.05) is 0 Å². The summed E-state index contributed by atoms with van der Waals surface area (Å²) in [5, 5.41) is -0.699. The van der Waals surface area contributed by atoms with Crippen molar-refractivity contribution in [2.24, 2.45) is 0 Å². The molecular weight excluding hydrogens is 140 g/mol. The Labute approximate surface area is 59.5 Å². The van der Waals surface area contributed by atoms with E-state index in [2.05, 4.69) is 11.3 Å². The van der Waals surface area contributed by atoms with E-state index in [0.717, 1.165) is 0 Å². The van der Waals surface area contributed by atoms with Gasteiger partial charge in [0.1, 0.15) is 11.1 Å². The summed E-state index contributed by atoms with van der Waals surface area (Å²) in [6.45, 7) is 4.81. The molecule has 0 heterocycles. The van der Waals surface area contributed by atoms with Crippen LogP contribution in [0.3, 0.4) is 0 Å². The molecule has 0 aliphatic carbocycles. The number of ketones is 1. The van der Waals surface area contributed by atoms with Gasteiger partial charge in [0.15, 0.2) is 5.78 Å². The Balaban J connectivity index is 3.88. The highest BCUT2D eigenvalue weighted by Gasteiger charge is 2.13. The van der Waals surface area contributed by atoms with Crippen molar-refractivity contribution in [2.75, 3.05) is 7.11 Å². The fraction of sp³-hybridized carbons (Fsp3) is 0.500. The van der Waals surface area contributed by atoms with E-state index in [9.17, 15) is 4.79 Å². The Bertz CT molecular complexity index is 131. The topological polar surface area (TPSA) is 26.3 Å². The number of rotatable bonds is 3. The average molecular weight is 149 g/mol. The minimum atomic E-state index is -0.699. The maximum Gasteiger partial charge on any atom is 0.155 e. The van der Waals surface area contributed by atoms with Crippen LogP contribution in [0.1, 0.15) is 6.92 Å². The predicted molar refractivity (Wildman–Crippen MR) is 36.5 cm³/mol. The summed E-state index contributed by atoms with van der Waals surface area (Å²) in [5.41, 5.74) is 0. The molecule has 0 amide bonds. The summed E-state index contributed by atoms with van der Waals surface area (Å²) in [5.74, 6) is 0.146. The summed E-state index contributed by atoms with van der Waals surface area (Å²) < 4.78 is 4.63. The molecule has 2 nitrogen and oxygen atoms in total. The van der Waals surface area contributed by atoms with Crippen molar-refractivity contribution in [2.45, 2.75) is 12.3 Å². The van der Waals surface area contributed by atoms with Gasteiger partial charge in [-0.2, -0.15) is 0 Å². The SMILES string of the molecule is C=C(OC)C(Cl)C(C)=O. The largest absolute Gasteiger partial charge is 0.500 e. The van der Waals surface area contributed by atoms with Gasteiger partial charge in [0.2, 0.25) is 0 Å². The molecule has 0 fully saturated rings. The third-order valence-electron chi connectivity index (χ3n) is 0.902. The van der Waals surface area contributed by atoms with E-state index in [1.165, 1.54) is 14.0 Å². The fourth-order valence-electron chi connectivity index (χ4n) is 0.330. The summed E-state index contributed by atoms with van der Waals surface area (Å²) in [7, 11) is 1.43. The third kappa shape index (κ3) is 2.51. The van der Waals surface area contributed by atoms with Crippen LogP contribution < -0.4 is 0 Å². The number of carbonyl (C=O) groups is 1. The van der Waals surface area contributed by atoms with E-state index in [1.54, 1.807) is 0 Å². The van der Waals surface area contributed by atoms with Gasteiger partial charge < -0.3 is 4.74 Å². The van der Waals surface area contributed by atoms with Crippen molar-refractivity contribution in [3.63, 3.8) is 0 Å². The van der Waals surface area contributed by atoms with Crippen LogP contribution in [-0.2, 0) is 9.53 Å². The molecule has 0 bridgehead atoms. The molecule has 0 saturated heterocycles. The van der Waals surface area contributed by atoms with E-state index in [4.69, 9.17) is 11.6 Å². The standard InChI is InChI=1S/C6H9ClO2/c1-4(8)6(7)5(2)9-3/h6H,2H2,1,3H3. The van der Waals surface area contributed by atoms with Gasteiger partial charge in [0.25, 0.3) is 0 Å². The van der Waals surface area contributed by atoms with E-state index < -0.39 is 5.38 Å². The van der Waals surface area contributed by atoms with Crippen molar-refractivity contribution in [3.8, 4) is 0 Å². The third-order valence-corrected chi connectivity index (χ3v) is 1.45. The van der Waals surface area contributed by atoms with Gasteiger partial charge in [-0.1, -0.05) is 6.58 Å². The Morgan fingerprint density at radius 3 is 2.33 bits per heavy atom. The van der Waals surface area contributed by atoms with Crippen molar-refractivity contribution < 1.29 is 9.53 Å². The summed E-state index contributed by atoms with van der Waals surface area (Å²) in [6, 6.07) is 0. The number of hydrogen-bond donors (Lipinski definition) is 0. The first-order chi connectivity index (χ1) is 4.09. The van der Waals surface area contributed by atoms with Gasteiger partial charge in [0.05, 0.1) is 7.11 Å². The molecule has 0 saturated carbocycles. The van der Waals surface area contributed by atoms with Crippen LogP contribution in [0.2, 0.25) is 0 Å². The molecule has 0 aromatic carbocycles. The van der Waals surface area contributed by atoms with Crippen molar-refractivity contribution >= 4 is 17.4 Å². The van der Waals surface area contributed by atoms with Crippen LogP contribution in [0, 0.1) is 0 Å². The molecule has 0 aliphatic rings. The summed E-state index contributed by atoms with van der Waals surface area (Å²) in [4.78, 5) is 10.5. The zero-order chi connectivity index (χ0) is 7.44. The number of alkyl halides is 1. The lowest BCUT2D eigenvalue weighted by molar-refractivity contribution is -0.116. The second kappa shape index (κ2) is 3.51. The molecule has 0 aromatic rings. The molecule has 0 aliphatic heterocycles.